The van der Waals surface area contributed by atoms with E-state index in [-0.39, 0.29) is 0 Å². The molecule has 1 nitrogen and oxygen atoms in total. The smallest absolute Gasteiger partial charge is 0.159 e. The lowest BCUT2D eigenvalue weighted by Crippen LogP contribution is -2.12. The van der Waals surface area contributed by atoms with E-state index in [2.05, 4.69) is 30.1 Å². The van der Waals surface area contributed by atoms with E-state index in [0.717, 1.165) is 12.0 Å². The fraction of sp³-hybridized carbons (Fsp3) is 0.409. The molecule has 25 heavy (non-hydrogen) atoms. The Morgan fingerprint density at radius 1 is 1.04 bits per heavy atom. The van der Waals surface area contributed by atoms with Gasteiger partial charge in [0.05, 0.1) is 5.69 Å². The summed E-state index contributed by atoms with van der Waals surface area (Å²) < 4.78 is 26.4. The molecular formula is C22H25F2N. The van der Waals surface area contributed by atoms with Gasteiger partial charge in [0.15, 0.2) is 11.6 Å². The predicted molar refractivity (Wildman–Crippen MR) is 98.3 cm³/mol. The average Bonchev–Trinajstić information content (AvgIpc) is 2.65. The lowest BCUT2D eigenvalue weighted by Gasteiger charge is -2.27. The van der Waals surface area contributed by atoms with Crippen LogP contribution in [0, 0.1) is 17.6 Å². The van der Waals surface area contributed by atoms with Crippen LogP contribution in [-0.4, -0.2) is 4.98 Å². The highest BCUT2D eigenvalue weighted by molar-refractivity contribution is 5.59. The minimum absolute atomic E-state index is 0.558. The SMILES string of the molecule is CCCC=CC1CCC(c2ccc(-c3ccc(F)c(F)c3)nc2)CC1. The largest absolute Gasteiger partial charge is 0.256 e. The van der Waals surface area contributed by atoms with E-state index >= 15 is 0 Å². The minimum Gasteiger partial charge on any atom is -0.256 e. The van der Waals surface area contributed by atoms with Gasteiger partial charge in [-0.15, -0.1) is 0 Å². The molecule has 1 aliphatic carbocycles. The van der Waals surface area contributed by atoms with Gasteiger partial charge < -0.3 is 0 Å². The number of rotatable bonds is 5. The molecule has 132 valence electrons. The molecule has 0 unspecified atom stereocenters. The van der Waals surface area contributed by atoms with E-state index in [4.69, 9.17) is 0 Å². The Labute approximate surface area is 148 Å². The molecule has 1 aromatic carbocycles. The molecular weight excluding hydrogens is 316 g/mol. The number of hydrogen-bond acceptors (Lipinski definition) is 1. The van der Waals surface area contributed by atoms with Gasteiger partial charge in [0.2, 0.25) is 0 Å². The van der Waals surface area contributed by atoms with Crippen LogP contribution >= 0.6 is 0 Å². The van der Waals surface area contributed by atoms with Crippen molar-refractivity contribution in [3.8, 4) is 11.3 Å². The summed E-state index contributed by atoms with van der Waals surface area (Å²) in [7, 11) is 0. The standard InChI is InChI=1S/C22H25F2N/c1-2-3-4-5-16-6-8-17(9-7-16)19-11-13-22(25-15-19)18-10-12-20(23)21(24)14-18/h4-5,10-17H,2-3,6-9H2,1H3. The topological polar surface area (TPSA) is 12.9 Å². The third-order valence-electron chi connectivity index (χ3n) is 5.11. The van der Waals surface area contributed by atoms with Crippen molar-refractivity contribution in [1.82, 2.24) is 4.98 Å². The first kappa shape index (κ1) is 17.8. The minimum atomic E-state index is -0.835. The highest BCUT2D eigenvalue weighted by Crippen LogP contribution is 2.36. The maximum atomic E-state index is 13.4. The number of hydrogen-bond donors (Lipinski definition) is 0. The van der Waals surface area contributed by atoms with Gasteiger partial charge >= 0.3 is 0 Å². The van der Waals surface area contributed by atoms with Gasteiger partial charge in [-0.3, -0.25) is 4.98 Å². The third kappa shape index (κ3) is 4.53. The van der Waals surface area contributed by atoms with Crippen LogP contribution in [0.1, 0.15) is 56.9 Å². The van der Waals surface area contributed by atoms with Gasteiger partial charge in [0.1, 0.15) is 0 Å². The van der Waals surface area contributed by atoms with Crippen molar-refractivity contribution in [3.05, 3.63) is 65.9 Å². The molecule has 0 atom stereocenters. The second kappa shape index (κ2) is 8.37. The summed E-state index contributed by atoms with van der Waals surface area (Å²) in [4.78, 5) is 4.47. The van der Waals surface area contributed by atoms with Crippen LogP contribution < -0.4 is 0 Å². The molecule has 1 saturated carbocycles. The first-order chi connectivity index (χ1) is 12.2. The number of unbranched alkanes of at least 4 members (excludes halogenated alkanes) is 1. The van der Waals surface area contributed by atoms with E-state index in [0.29, 0.717) is 17.2 Å². The Bertz CT molecular complexity index is 713. The van der Waals surface area contributed by atoms with Crippen molar-refractivity contribution in [3.63, 3.8) is 0 Å². The molecule has 0 saturated heterocycles. The fourth-order valence-corrected chi connectivity index (χ4v) is 3.57. The molecule has 1 heterocycles. The summed E-state index contributed by atoms with van der Waals surface area (Å²) >= 11 is 0. The quantitative estimate of drug-likeness (QED) is 0.554. The van der Waals surface area contributed by atoms with E-state index in [9.17, 15) is 8.78 Å². The maximum Gasteiger partial charge on any atom is 0.159 e. The van der Waals surface area contributed by atoms with Crippen LogP contribution in [0.2, 0.25) is 0 Å². The molecule has 0 radical (unpaired) electrons. The number of nitrogens with zero attached hydrogens (tertiary/aromatic N) is 1. The van der Waals surface area contributed by atoms with Crippen LogP contribution in [0.25, 0.3) is 11.3 Å². The second-order valence-electron chi connectivity index (χ2n) is 6.93. The van der Waals surface area contributed by atoms with Crippen LogP contribution in [0.5, 0.6) is 0 Å². The molecule has 0 aliphatic heterocycles. The molecule has 1 fully saturated rings. The average molecular weight is 341 g/mol. The summed E-state index contributed by atoms with van der Waals surface area (Å²) in [6, 6.07) is 7.91. The summed E-state index contributed by atoms with van der Waals surface area (Å²) in [5.74, 6) is -0.387. The van der Waals surface area contributed by atoms with Crippen molar-refractivity contribution >= 4 is 0 Å². The monoisotopic (exact) mass is 341 g/mol. The van der Waals surface area contributed by atoms with E-state index < -0.39 is 11.6 Å². The third-order valence-corrected chi connectivity index (χ3v) is 5.11. The van der Waals surface area contributed by atoms with Gasteiger partial charge in [0.25, 0.3) is 0 Å². The number of allylic oxidation sites excluding steroid dienone is 2. The number of halogens is 2. The zero-order chi connectivity index (χ0) is 17.6. The lowest BCUT2D eigenvalue weighted by atomic mass is 9.79. The summed E-state index contributed by atoms with van der Waals surface area (Å²) in [6.07, 6.45) is 13.8. The molecule has 0 amide bonds. The molecule has 1 aliphatic rings. The van der Waals surface area contributed by atoms with Crippen molar-refractivity contribution in [2.75, 3.05) is 0 Å². The van der Waals surface area contributed by atoms with Crippen molar-refractivity contribution < 1.29 is 8.78 Å². The summed E-state index contributed by atoms with van der Waals surface area (Å²) in [6.45, 7) is 2.21. The Hall–Kier alpha value is -2.03. The van der Waals surface area contributed by atoms with Crippen molar-refractivity contribution in [2.45, 2.75) is 51.4 Å². The molecule has 1 aromatic heterocycles. The molecule has 0 spiro atoms. The van der Waals surface area contributed by atoms with Gasteiger partial charge in [-0.25, -0.2) is 8.78 Å². The van der Waals surface area contributed by atoms with Crippen LogP contribution in [0.15, 0.2) is 48.7 Å². The maximum absolute atomic E-state index is 13.4. The zero-order valence-corrected chi connectivity index (χ0v) is 14.7. The van der Waals surface area contributed by atoms with Crippen molar-refractivity contribution in [1.29, 1.82) is 0 Å². The van der Waals surface area contributed by atoms with Crippen LogP contribution in [0.4, 0.5) is 8.78 Å². The number of benzene rings is 1. The Balaban J connectivity index is 1.62. The first-order valence-corrected chi connectivity index (χ1v) is 9.25. The predicted octanol–water partition coefficient (Wildman–Crippen LogP) is 6.66. The molecule has 0 bridgehead atoms. The van der Waals surface area contributed by atoms with Gasteiger partial charge in [0, 0.05) is 11.8 Å². The highest BCUT2D eigenvalue weighted by Gasteiger charge is 2.21. The highest BCUT2D eigenvalue weighted by atomic mass is 19.2. The normalized spacial score (nSPS) is 20.9. The van der Waals surface area contributed by atoms with Crippen LogP contribution in [0.3, 0.4) is 0 Å². The molecule has 0 N–H and O–H groups in total. The van der Waals surface area contributed by atoms with Crippen molar-refractivity contribution in [2.24, 2.45) is 5.92 Å². The fourth-order valence-electron chi connectivity index (χ4n) is 3.57. The molecule has 3 heteroatoms. The van der Waals surface area contributed by atoms with E-state index in [1.54, 1.807) is 6.07 Å². The number of pyridine rings is 1. The van der Waals surface area contributed by atoms with Gasteiger partial charge in [-0.05, 0) is 73.8 Å². The Morgan fingerprint density at radius 2 is 1.84 bits per heavy atom. The second-order valence-corrected chi connectivity index (χ2v) is 6.93. The number of aromatic nitrogens is 1. The van der Waals surface area contributed by atoms with Gasteiger partial charge in [-0.1, -0.05) is 31.6 Å². The van der Waals surface area contributed by atoms with E-state index in [1.165, 1.54) is 50.2 Å². The molecule has 3 rings (SSSR count). The lowest BCUT2D eigenvalue weighted by molar-refractivity contribution is 0.375. The van der Waals surface area contributed by atoms with Crippen LogP contribution in [-0.2, 0) is 0 Å². The Kier molecular flexibility index (Phi) is 5.95. The summed E-state index contributed by atoms with van der Waals surface area (Å²) in [5.41, 5.74) is 2.54. The van der Waals surface area contributed by atoms with E-state index in [1.807, 2.05) is 12.3 Å². The van der Waals surface area contributed by atoms with Gasteiger partial charge in [-0.2, -0.15) is 0 Å². The summed E-state index contributed by atoms with van der Waals surface area (Å²) in [5, 5.41) is 0. The Morgan fingerprint density at radius 3 is 2.48 bits per heavy atom. The first-order valence-electron chi connectivity index (χ1n) is 9.25. The molecule has 2 aromatic rings. The zero-order valence-electron chi connectivity index (χ0n) is 14.7.